The molecule has 0 amide bonds. The second kappa shape index (κ2) is 5.91. The summed E-state index contributed by atoms with van der Waals surface area (Å²) in [4.78, 5) is 15.0. The summed E-state index contributed by atoms with van der Waals surface area (Å²) in [7, 11) is 1.22. The molecule has 5 nitrogen and oxygen atoms in total. The smallest absolute Gasteiger partial charge is 0.357 e. The van der Waals surface area contributed by atoms with E-state index in [0.717, 1.165) is 6.20 Å². The number of carbonyl (C=O) groups excluding carboxylic acids is 1. The van der Waals surface area contributed by atoms with Crippen molar-refractivity contribution in [1.29, 1.82) is 5.26 Å². The number of nitrogens with zero attached hydrogens (tertiary/aromatic N) is 2. The second-order valence-electron chi connectivity index (χ2n) is 3.10. The number of esters is 1. The molecule has 0 aliphatic heterocycles. The molecule has 0 radical (unpaired) electrons. The summed E-state index contributed by atoms with van der Waals surface area (Å²) < 4.78 is 35.2. The van der Waals surface area contributed by atoms with E-state index in [2.05, 4.69) is 9.72 Å². The quantitative estimate of drug-likeness (QED) is 0.771. The molecule has 0 spiro atoms. The van der Waals surface area contributed by atoms with Gasteiger partial charge in [0.25, 0.3) is 6.43 Å². The fraction of sp³-hybridized carbons (Fsp3) is 0.364. The van der Waals surface area contributed by atoms with Crippen LogP contribution in [0.4, 0.5) is 8.78 Å². The average molecular weight is 256 g/mol. The first-order valence-electron chi connectivity index (χ1n) is 4.99. The number of hydrogen-bond donors (Lipinski definition) is 0. The maximum absolute atomic E-state index is 12.9. The molecule has 0 unspecified atom stereocenters. The Labute approximate surface area is 102 Å². The van der Waals surface area contributed by atoms with Gasteiger partial charge in [0, 0.05) is 0 Å². The Hall–Kier alpha value is -2.23. The van der Waals surface area contributed by atoms with Crippen LogP contribution < -0.4 is 4.74 Å². The number of carbonyl (C=O) groups is 1. The van der Waals surface area contributed by atoms with E-state index in [0.29, 0.717) is 0 Å². The molecule has 0 atom stereocenters. The van der Waals surface area contributed by atoms with Crippen molar-refractivity contribution in [1.82, 2.24) is 4.98 Å². The van der Waals surface area contributed by atoms with E-state index in [9.17, 15) is 13.6 Å². The first-order chi connectivity index (χ1) is 8.56. The standard InChI is InChI=1S/C11H10F2N2O3/c1-3-18-11(16)9-8(10(12)13)6(4-14)7(17-2)5-15-9/h5,10H,3H2,1-2H3. The predicted octanol–water partition coefficient (Wildman–Crippen LogP) is 2.08. The van der Waals surface area contributed by atoms with Crippen LogP contribution in [0, 0.1) is 11.3 Å². The Morgan fingerprint density at radius 2 is 2.28 bits per heavy atom. The fourth-order valence-electron chi connectivity index (χ4n) is 1.35. The molecule has 1 aromatic rings. The maximum Gasteiger partial charge on any atom is 0.357 e. The molecule has 0 saturated heterocycles. The van der Waals surface area contributed by atoms with Gasteiger partial charge in [0.1, 0.15) is 11.6 Å². The molecule has 0 N–H and O–H groups in total. The summed E-state index contributed by atoms with van der Waals surface area (Å²) in [5.41, 5.74) is -1.75. The van der Waals surface area contributed by atoms with Crippen LogP contribution in [0.2, 0.25) is 0 Å². The van der Waals surface area contributed by atoms with E-state index in [1.807, 2.05) is 0 Å². The van der Waals surface area contributed by atoms with Crippen LogP contribution >= 0.6 is 0 Å². The van der Waals surface area contributed by atoms with Gasteiger partial charge in [0.15, 0.2) is 11.4 Å². The van der Waals surface area contributed by atoms with Crippen LogP contribution in [-0.4, -0.2) is 24.7 Å². The van der Waals surface area contributed by atoms with Gasteiger partial charge in [-0.25, -0.2) is 18.6 Å². The van der Waals surface area contributed by atoms with Crippen molar-refractivity contribution >= 4 is 5.97 Å². The number of alkyl halides is 2. The first kappa shape index (κ1) is 13.8. The van der Waals surface area contributed by atoms with E-state index in [4.69, 9.17) is 10.00 Å². The van der Waals surface area contributed by atoms with E-state index < -0.39 is 29.2 Å². The van der Waals surface area contributed by atoms with Crippen LogP contribution in [0.25, 0.3) is 0 Å². The molecule has 1 rings (SSSR count). The van der Waals surface area contributed by atoms with Crippen molar-refractivity contribution < 1.29 is 23.0 Å². The van der Waals surface area contributed by atoms with Crippen molar-refractivity contribution in [3.8, 4) is 11.8 Å². The third-order valence-electron chi connectivity index (χ3n) is 2.10. The highest BCUT2D eigenvalue weighted by Gasteiger charge is 2.27. The van der Waals surface area contributed by atoms with E-state index >= 15 is 0 Å². The molecule has 1 aromatic heterocycles. The van der Waals surface area contributed by atoms with E-state index in [-0.39, 0.29) is 12.4 Å². The van der Waals surface area contributed by atoms with Crippen LogP contribution in [0.3, 0.4) is 0 Å². The molecular formula is C11H10F2N2O3. The topological polar surface area (TPSA) is 72.2 Å². The zero-order valence-electron chi connectivity index (χ0n) is 9.74. The van der Waals surface area contributed by atoms with Crippen molar-refractivity contribution in [2.45, 2.75) is 13.3 Å². The lowest BCUT2D eigenvalue weighted by Gasteiger charge is -2.11. The first-order valence-corrected chi connectivity index (χ1v) is 4.99. The molecule has 0 saturated carbocycles. The Balaban J connectivity index is 3.45. The fourth-order valence-corrected chi connectivity index (χ4v) is 1.35. The minimum Gasteiger partial charge on any atom is -0.494 e. The van der Waals surface area contributed by atoms with Gasteiger partial charge in [-0.05, 0) is 6.92 Å². The van der Waals surface area contributed by atoms with Gasteiger partial charge in [-0.15, -0.1) is 0 Å². The van der Waals surface area contributed by atoms with Crippen molar-refractivity contribution in [2.75, 3.05) is 13.7 Å². The van der Waals surface area contributed by atoms with Gasteiger partial charge in [-0.3, -0.25) is 0 Å². The second-order valence-corrected chi connectivity index (χ2v) is 3.10. The van der Waals surface area contributed by atoms with Crippen molar-refractivity contribution in [3.05, 3.63) is 23.0 Å². The molecular weight excluding hydrogens is 246 g/mol. The number of ether oxygens (including phenoxy) is 2. The van der Waals surface area contributed by atoms with Crippen LogP contribution in [0.5, 0.6) is 5.75 Å². The Kier molecular flexibility index (Phi) is 4.54. The van der Waals surface area contributed by atoms with Crippen LogP contribution in [0.15, 0.2) is 6.20 Å². The number of rotatable bonds is 4. The highest BCUT2D eigenvalue weighted by molar-refractivity contribution is 5.90. The summed E-state index contributed by atoms with van der Waals surface area (Å²) >= 11 is 0. The lowest BCUT2D eigenvalue weighted by molar-refractivity contribution is 0.0507. The normalized spacial score (nSPS) is 10.0. The summed E-state index contributed by atoms with van der Waals surface area (Å²) in [6, 6.07) is 1.58. The molecule has 0 fully saturated rings. The number of hydrogen-bond acceptors (Lipinski definition) is 5. The number of halogens is 2. The summed E-state index contributed by atoms with van der Waals surface area (Å²) in [6.07, 6.45) is -1.99. The minimum atomic E-state index is -3.03. The van der Waals surface area contributed by atoms with Crippen molar-refractivity contribution in [3.63, 3.8) is 0 Å². The molecule has 0 aromatic carbocycles. The van der Waals surface area contributed by atoms with Crippen molar-refractivity contribution in [2.24, 2.45) is 0 Å². The van der Waals surface area contributed by atoms with Crippen LogP contribution in [-0.2, 0) is 4.74 Å². The van der Waals surface area contributed by atoms with Gasteiger partial charge in [0.05, 0.1) is 25.5 Å². The Morgan fingerprint density at radius 3 is 2.72 bits per heavy atom. The van der Waals surface area contributed by atoms with Gasteiger partial charge >= 0.3 is 5.97 Å². The lowest BCUT2D eigenvalue weighted by atomic mass is 10.1. The van der Waals surface area contributed by atoms with Gasteiger partial charge in [-0.1, -0.05) is 0 Å². The zero-order valence-corrected chi connectivity index (χ0v) is 9.74. The molecule has 0 aliphatic carbocycles. The highest BCUT2D eigenvalue weighted by Crippen LogP contribution is 2.31. The molecule has 0 aliphatic rings. The van der Waals surface area contributed by atoms with E-state index in [1.165, 1.54) is 14.0 Å². The molecule has 18 heavy (non-hydrogen) atoms. The third kappa shape index (κ3) is 2.53. The lowest BCUT2D eigenvalue weighted by Crippen LogP contribution is -2.13. The summed E-state index contributed by atoms with van der Waals surface area (Å²) in [5.74, 6) is -1.10. The Morgan fingerprint density at radius 1 is 1.61 bits per heavy atom. The molecule has 96 valence electrons. The third-order valence-corrected chi connectivity index (χ3v) is 2.10. The Bertz CT molecular complexity index is 498. The number of pyridine rings is 1. The largest absolute Gasteiger partial charge is 0.494 e. The predicted molar refractivity (Wildman–Crippen MR) is 56.4 cm³/mol. The summed E-state index contributed by atoms with van der Waals surface area (Å²) in [6.45, 7) is 1.56. The monoisotopic (exact) mass is 256 g/mol. The number of methoxy groups -OCH3 is 1. The number of nitriles is 1. The van der Waals surface area contributed by atoms with Crippen LogP contribution in [0.1, 0.15) is 35.0 Å². The van der Waals surface area contributed by atoms with Gasteiger partial charge < -0.3 is 9.47 Å². The minimum absolute atomic E-state index is 0.0249. The van der Waals surface area contributed by atoms with Gasteiger partial charge in [0.2, 0.25) is 0 Å². The number of aromatic nitrogens is 1. The SMILES string of the molecule is CCOC(=O)c1ncc(OC)c(C#N)c1C(F)F. The van der Waals surface area contributed by atoms with E-state index in [1.54, 1.807) is 6.07 Å². The zero-order chi connectivity index (χ0) is 13.7. The average Bonchev–Trinajstić information content (AvgIpc) is 2.36. The maximum atomic E-state index is 12.9. The van der Waals surface area contributed by atoms with Gasteiger partial charge in [-0.2, -0.15) is 5.26 Å². The molecule has 0 bridgehead atoms. The molecule has 7 heteroatoms. The highest BCUT2D eigenvalue weighted by atomic mass is 19.3. The summed E-state index contributed by atoms with van der Waals surface area (Å²) in [5, 5.41) is 8.87. The molecule has 1 heterocycles.